The van der Waals surface area contributed by atoms with Gasteiger partial charge in [-0.2, -0.15) is 0 Å². The van der Waals surface area contributed by atoms with Gasteiger partial charge in [-0.15, -0.1) is 0 Å². The molecule has 3 nitrogen and oxygen atoms in total. The first-order chi connectivity index (χ1) is 8.01. The molecule has 1 aliphatic carbocycles. The van der Waals surface area contributed by atoms with Crippen LogP contribution >= 0.6 is 0 Å². The summed E-state index contributed by atoms with van der Waals surface area (Å²) < 4.78 is 36.5. The van der Waals surface area contributed by atoms with Crippen LogP contribution in [-0.4, -0.2) is 25.7 Å². The Bertz CT molecular complexity index is 538. The largest absolute Gasteiger partial charge is 0.303 e. The van der Waals surface area contributed by atoms with E-state index < -0.39 is 26.8 Å². The molecule has 3 atom stereocenters. The van der Waals surface area contributed by atoms with Crippen LogP contribution in [0.3, 0.4) is 0 Å². The van der Waals surface area contributed by atoms with Crippen molar-refractivity contribution in [3.8, 4) is 0 Å². The van der Waals surface area contributed by atoms with E-state index in [9.17, 15) is 17.6 Å². The van der Waals surface area contributed by atoms with E-state index in [2.05, 4.69) is 0 Å². The molecule has 92 valence electrons. The maximum atomic E-state index is 13.1. The fraction of sp³-hybridized carbons (Fsp3) is 0.417. The number of sulfone groups is 1. The number of benzene rings is 1. The van der Waals surface area contributed by atoms with Crippen molar-refractivity contribution in [2.45, 2.75) is 18.1 Å². The first-order valence-corrected chi connectivity index (χ1v) is 7.15. The van der Waals surface area contributed by atoms with Gasteiger partial charge in [0.15, 0.2) is 9.84 Å². The summed E-state index contributed by atoms with van der Waals surface area (Å²) in [5.41, 5.74) is 0.587. The molecule has 0 aromatic heterocycles. The lowest BCUT2D eigenvalue weighted by Crippen LogP contribution is -2.12. The Morgan fingerprint density at radius 2 is 2.12 bits per heavy atom. The maximum absolute atomic E-state index is 13.1. The van der Waals surface area contributed by atoms with Crippen LogP contribution in [0.5, 0.6) is 0 Å². The zero-order valence-electron chi connectivity index (χ0n) is 9.34. The third kappa shape index (κ3) is 2.11. The van der Waals surface area contributed by atoms with Gasteiger partial charge in [-0.3, -0.25) is 0 Å². The standard InChI is InChI=1S/C12H13FO3S/c1-2-17(15,16)12-10(7-14)11(12)8-4-3-5-9(13)6-8/h3-7,10-12H,2H2,1H3/t10-,11-,12+/m0/s1. The summed E-state index contributed by atoms with van der Waals surface area (Å²) in [4.78, 5) is 10.9. The zero-order chi connectivity index (χ0) is 12.6. The Labute approximate surface area is 99.6 Å². The van der Waals surface area contributed by atoms with Crippen molar-refractivity contribution < 1.29 is 17.6 Å². The van der Waals surface area contributed by atoms with Crippen LogP contribution in [0.2, 0.25) is 0 Å². The molecular formula is C12H13FO3S. The molecule has 0 spiro atoms. The van der Waals surface area contributed by atoms with Gasteiger partial charge in [0.1, 0.15) is 12.1 Å². The molecule has 0 saturated heterocycles. The molecule has 5 heteroatoms. The molecule has 0 N–H and O–H groups in total. The highest BCUT2D eigenvalue weighted by Crippen LogP contribution is 2.51. The summed E-state index contributed by atoms with van der Waals surface area (Å²) in [5.74, 6) is -1.31. The monoisotopic (exact) mass is 256 g/mol. The average Bonchev–Trinajstić information content (AvgIpc) is 3.04. The highest BCUT2D eigenvalue weighted by atomic mass is 32.2. The fourth-order valence-electron chi connectivity index (χ4n) is 2.25. The van der Waals surface area contributed by atoms with E-state index in [0.29, 0.717) is 11.8 Å². The number of rotatable bonds is 4. The van der Waals surface area contributed by atoms with Gasteiger partial charge in [0.05, 0.1) is 5.25 Å². The quantitative estimate of drug-likeness (QED) is 0.768. The topological polar surface area (TPSA) is 51.2 Å². The van der Waals surface area contributed by atoms with Crippen molar-refractivity contribution in [3.05, 3.63) is 35.6 Å². The van der Waals surface area contributed by atoms with Crippen molar-refractivity contribution in [3.63, 3.8) is 0 Å². The van der Waals surface area contributed by atoms with Crippen molar-refractivity contribution >= 4 is 16.1 Å². The molecule has 1 aliphatic rings. The van der Waals surface area contributed by atoms with Crippen molar-refractivity contribution in [1.29, 1.82) is 0 Å². The van der Waals surface area contributed by atoms with E-state index >= 15 is 0 Å². The van der Waals surface area contributed by atoms with Crippen LogP contribution in [0.15, 0.2) is 24.3 Å². The van der Waals surface area contributed by atoms with Crippen molar-refractivity contribution in [2.24, 2.45) is 5.92 Å². The van der Waals surface area contributed by atoms with E-state index in [4.69, 9.17) is 0 Å². The van der Waals surface area contributed by atoms with Crippen molar-refractivity contribution in [1.82, 2.24) is 0 Å². The lowest BCUT2D eigenvalue weighted by Gasteiger charge is -2.00. The van der Waals surface area contributed by atoms with Crippen molar-refractivity contribution in [2.75, 3.05) is 5.75 Å². The van der Waals surface area contributed by atoms with Gasteiger partial charge in [-0.1, -0.05) is 19.1 Å². The third-order valence-corrected chi connectivity index (χ3v) is 5.46. The minimum Gasteiger partial charge on any atom is -0.303 e. The van der Waals surface area contributed by atoms with E-state index in [-0.39, 0.29) is 11.7 Å². The molecule has 1 fully saturated rings. The number of halogens is 1. The van der Waals surface area contributed by atoms with Gasteiger partial charge >= 0.3 is 0 Å². The molecule has 0 amide bonds. The fourth-order valence-corrected chi connectivity index (χ4v) is 4.04. The normalized spacial score (nSPS) is 27.8. The van der Waals surface area contributed by atoms with Gasteiger partial charge < -0.3 is 4.79 Å². The Morgan fingerprint density at radius 1 is 1.41 bits per heavy atom. The first kappa shape index (κ1) is 12.2. The molecule has 0 unspecified atom stereocenters. The van der Waals surface area contributed by atoms with Gasteiger partial charge in [0, 0.05) is 17.6 Å². The van der Waals surface area contributed by atoms with E-state index in [1.54, 1.807) is 13.0 Å². The third-order valence-electron chi connectivity index (χ3n) is 3.21. The molecular weight excluding hydrogens is 243 g/mol. The summed E-state index contributed by atoms with van der Waals surface area (Å²) in [5, 5.41) is -0.674. The number of hydrogen-bond acceptors (Lipinski definition) is 3. The Kier molecular flexibility index (Phi) is 3.03. The van der Waals surface area contributed by atoms with Gasteiger partial charge in [0.2, 0.25) is 0 Å². The van der Waals surface area contributed by atoms with Crippen LogP contribution in [0.25, 0.3) is 0 Å². The minimum atomic E-state index is -3.25. The lowest BCUT2D eigenvalue weighted by atomic mass is 10.1. The molecule has 0 aliphatic heterocycles. The summed E-state index contributed by atoms with van der Waals surface area (Å²) in [6, 6.07) is 5.79. The second-order valence-corrected chi connectivity index (χ2v) is 6.66. The molecule has 1 saturated carbocycles. The Balaban J connectivity index is 2.33. The summed E-state index contributed by atoms with van der Waals surface area (Å²) in [6.45, 7) is 1.55. The number of hydrogen-bond donors (Lipinski definition) is 0. The van der Waals surface area contributed by atoms with E-state index in [1.165, 1.54) is 18.2 Å². The summed E-state index contributed by atoms with van der Waals surface area (Å²) >= 11 is 0. The molecule has 1 aromatic rings. The summed E-state index contributed by atoms with van der Waals surface area (Å²) in [6.07, 6.45) is 0.660. The molecule has 0 bridgehead atoms. The molecule has 17 heavy (non-hydrogen) atoms. The average molecular weight is 256 g/mol. The Hall–Kier alpha value is -1.23. The van der Waals surface area contributed by atoms with Gasteiger partial charge in [0.25, 0.3) is 0 Å². The number of carbonyl (C=O) groups excluding carboxylic acids is 1. The van der Waals surface area contributed by atoms with E-state index in [0.717, 1.165) is 0 Å². The smallest absolute Gasteiger partial charge is 0.154 e. The predicted molar refractivity (Wildman–Crippen MR) is 61.9 cm³/mol. The van der Waals surface area contributed by atoms with Crippen LogP contribution in [0.1, 0.15) is 18.4 Å². The highest BCUT2D eigenvalue weighted by molar-refractivity contribution is 7.92. The van der Waals surface area contributed by atoms with Crippen LogP contribution in [0.4, 0.5) is 4.39 Å². The molecule has 0 heterocycles. The maximum Gasteiger partial charge on any atom is 0.154 e. The minimum absolute atomic E-state index is 0.00776. The molecule has 1 aromatic carbocycles. The van der Waals surface area contributed by atoms with Crippen LogP contribution in [-0.2, 0) is 14.6 Å². The van der Waals surface area contributed by atoms with Gasteiger partial charge in [-0.25, -0.2) is 12.8 Å². The first-order valence-electron chi connectivity index (χ1n) is 5.43. The second-order valence-electron chi connectivity index (χ2n) is 4.21. The summed E-state index contributed by atoms with van der Waals surface area (Å²) in [7, 11) is -3.25. The highest BCUT2D eigenvalue weighted by Gasteiger charge is 2.57. The zero-order valence-corrected chi connectivity index (χ0v) is 10.2. The SMILES string of the molecule is CCS(=O)(=O)[C@@H]1[C@@H](C=O)[C@@H]1c1cccc(F)c1. The molecule has 2 rings (SSSR count). The predicted octanol–water partition coefficient (Wildman–Crippen LogP) is 1.54. The molecule has 0 radical (unpaired) electrons. The Morgan fingerprint density at radius 3 is 2.65 bits per heavy atom. The van der Waals surface area contributed by atoms with Crippen LogP contribution < -0.4 is 0 Å². The number of aldehydes is 1. The lowest BCUT2D eigenvalue weighted by molar-refractivity contribution is -0.108. The number of carbonyl (C=O) groups is 1. The van der Waals surface area contributed by atoms with Gasteiger partial charge in [-0.05, 0) is 17.7 Å². The second kappa shape index (κ2) is 4.22. The van der Waals surface area contributed by atoms with Crippen LogP contribution in [0, 0.1) is 11.7 Å². The van der Waals surface area contributed by atoms with E-state index in [1.807, 2.05) is 0 Å².